The van der Waals surface area contributed by atoms with E-state index in [9.17, 15) is 18.4 Å². The number of para-hydroxylation sites is 2. The minimum atomic E-state index is -1.17. The van der Waals surface area contributed by atoms with Crippen molar-refractivity contribution in [3.05, 3.63) is 136 Å². The first kappa shape index (κ1) is 37.9. The number of carbonyl (C=O) groups excluding carboxylic acids is 2. The van der Waals surface area contributed by atoms with E-state index in [1.54, 1.807) is 48.5 Å². The smallest absolute Gasteiger partial charge is 0.326 e. The third kappa shape index (κ3) is 10.1. The number of anilines is 1. The van der Waals surface area contributed by atoms with Gasteiger partial charge in [0.05, 0.1) is 10.6 Å². The summed E-state index contributed by atoms with van der Waals surface area (Å²) < 4.78 is 58.6. The summed E-state index contributed by atoms with van der Waals surface area (Å²) in [5, 5.41) is 12.8. The molecule has 2 heterocycles. The van der Waals surface area contributed by atoms with Crippen LogP contribution < -0.4 is 20.1 Å². The lowest BCUT2D eigenvalue weighted by Crippen LogP contribution is -2.35. The minimum absolute atomic E-state index is 0.0973. The monoisotopic (exact) mass is 768 g/mol. The molecular formula is C35H25Cl2F3N6O7. The van der Waals surface area contributed by atoms with Crippen molar-refractivity contribution in [1.29, 1.82) is 0 Å². The molecule has 0 saturated heterocycles. The Balaban J connectivity index is 0.000000224. The number of imide groups is 1. The van der Waals surface area contributed by atoms with Crippen molar-refractivity contribution in [2.45, 2.75) is 0 Å². The molecule has 18 heteroatoms. The largest absolute Gasteiger partial charge is 0.470 e. The molecule has 3 amide bonds. The lowest BCUT2D eigenvalue weighted by Gasteiger charge is -2.17. The molecule has 0 fully saturated rings. The molecule has 0 saturated carbocycles. The number of benzene rings is 4. The molecule has 0 radical (unpaired) electrons. The fourth-order valence-electron chi connectivity index (χ4n) is 4.26. The number of nitrogens with one attached hydrogen (secondary N) is 2. The number of carbonyl (C=O) groups is 2. The van der Waals surface area contributed by atoms with E-state index in [2.05, 4.69) is 25.6 Å². The van der Waals surface area contributed by atoms with Crippen LogP contribution in [0.5, 0.6) is 23.3 Å². The van der Waals surface area contributed by atoms with Gasteiger partial charge in [-0.05, 0) is 65.8 Å². The van der Waals surface area contributed by atoms with Crippen molar-refractivity contribution in [2.24, 2.45) is 10.3 Å². The van der Waals surface area contributed by atoms with Crippen molar-refractivity contribution >= 4 is 52.4 Å². The van der Waals surface area contributed by atoms with Crippen LogP contribution in [0, 0.1) is 17.5 Å². The predicted octanol–water partition coefficient (Wildman–Crippen LogP) is 8.14. The number of urea groups is 1. The maximum Gasteiger partial charge on any atom is 0.326 e. The molecule has 0 bridgehead atoms. The second-order valence-corrected chi connectivity index (χ2v) is 11.0. The van der Waals surface area contributed by atoms with E-state index in [-0.39, 0.29) is 41.5 Å². The minimum Gasteiger partial charge on any atom is -0.470 e. The number of amides is 3. The van der Waals surface area contributed by atoms with Crippen LogP contribution >= 0.6 is 23.2 Å². The van der Waals surface area contributed by atoms with E-state index in [0.717, 1.165) is 24.5 Å². The van der Waals surface area contributed by atoms with Gasteiger partial charge in [-0.2, -0.15) is 14.4 Å². The zero-order chi connectivity index (χ0) is 37.7. The van der Waals surface area contributed by atoms with Gasteiger partial charge in [0.15, 0.2) is 12.3 Å². The van der Waals surface area contributed by atoms with Gasteiger partial charge < -0.3 is 29.2 Å². The van der Waals surface area contributed by atoms with E-state index in [4.69, 9.17) is 47.1 Å². The summed E-state index contributed by atoms with van der Waals surface area (Å²) in [5.41, 5.74) is 0.164. The summed E-state index contributed by atoms with van der Waals surface area (Å²) >= 11 is 11.8. The lowest BCUT2D eigenvalue weighted by molar-refractivity contribution is 0.0672. The predicted molar refractivity (Wildman–Crippen MR) is 187 cm³/mol. The molecule has 1 aliphatic heterocycles. The Morgan fingerprint density at radius 1 is 0.811 bits per heavy atom. The molecule has 1 aliphatic rings. The standard InChI is InChI=1S/C21H16ClFN4O5.C14H9ClF2N2O2/c1-28-26-18(21-27-30-11-10-29-21)13-6-2-4-8-15(13)31-19-17(23)20(25-12-24-19)32-16-9-5-3-7-14(16)22;15-8-4-6-9(7-5-8)18-14(21)19-13(20)12-10(16)2-1-3-11(12)17/h2-9,12H,10-11H2,1H3;1-7H,(H2,18,19,20,21)/b26-18+;. The Labute approximate surface area is 308 Å². The van der Waals surface area contributed by atoms with E-state index >= 15 is 4.39 Å². The van der Waals surface area contributed by atoms with Gasteiger partial charge in [-0.3, -0.25) is 10.1 Å². The Bertz CT molecular complexity index is 2140. The molecular weight excluding hydrogens is 744 g/mol. The number of hydrogen-bond acceptors (Lipinski definition) is 11. The number of halogens is 5. The average molecular weight is 770 g/mol. The van der Waals surface area contributed by atoms with Crippen molar-refractivity contribution in [3.8, 4) is 23.3 Å². The first-order valence-corrected chi connectivity index (χ1v) is 15.9. The molecule has 5 aromatic rings. The molecule has 2 N–H and O–H groups in total. The number of oxime groups is 2. The molecule has 0 unspecified atom stereocenters. The van der Waals surface area contributed by atoms with Crippen LogP contribution in [-0.2, 0) is 14.4 Å². The molecule has 53 heavy (non-hydrogen) atoms. The summed E-state index contributed by atoms with van der Waals surface area (Å²) in [7, 11) is 1.37. The zero-order valence-electron chi connectivity index (χ0n) is 27.2. The van der Waals surface area contributed by atoms with Crippen LogP contribution in [0.3, 0.4) is 0 Å². The molecule has 4 aromatic carbocycles. The SMILES string of the molecule is CO/N=C(/C1=NOCCO1)c1ccccc1Oc1ncnc(Oc2ccccc2Cl)c1F.O=C(NC(=O)c1c(F)cccc1F)Nc1ccc(Cl)cc1. The summed E-state index contributed by atoms with van der Waals surface area (Å²) in [5.74, 6) is -4.35. The van der Waals surface area contributed by atoms with Crippen molar-refractivity contribution in [2.75, 3.05) is 25.6 Å². The first-order chi connectivity index (χ1) is 25.6. The maximum atomic E-state index is 15.1. The second kappa shape index (κ2) is 18.2. The van der Waals surface area contributed by atoms with Gasteiger partial charge in [-0.15, -0.1) is 0 Å². The summed E-state index contributed by atoms with van der Waals surface area (Å²) in [4.78, 5) is 40.9. The van der Waals surface area contributed by atoms with Gasteiger partial charge in [0, 0.05) is 10.7 Å². The van der Waals surface area contributed by atoms with Crippen molar-refractivity contribution in [1.82, 2.24) is 15.3 Å². The normalized spacial score (nSPS) is 12.1. The molecule has 1 aromatic heterocycles. The number of nitrogens with zero attached hydrogens (tertiary/aromatic N) is 4. The van der Waals surface area contributed by atoms with Gasteiger partial charge in [0.25, 0.3) is 23.6 Å². The van der Waals surface area contributed by atoms with E-state index in [1.807, 2.05) is 5.32 Å². The van der Waals surface area contributed by atoms with Crippen LogP contribution in [0.1, 0.15) is 15.9 Å². The Morgan fingerprint density at radius 2 is 1.45 bits per heavy atom. The van der Waals surface area contributed by atoms with Gasteiger partial charge in [-0.25, -0.2) is 13.6 Å². The van der Waals surface area contributed by atoms with Gasteiger partial charge in [0.2, 0.25) is 5.82 Å². The van der Waals surface area contributed by atoms with Crippen LogP contribution in [0.2, 0.25) is 10.0 Å². The molecule has 0 aliphatic carbocycles. The highest BCUT2D eigenvalue weighted by atomic mass is 35.5. The van der Waals surface area contributed by atoms with Gasteiger partial charge in [-0.1, -0.05) is 58.7 Å². The molecule has 0 spiro atoms. The van der Waals surface area contributed by atoms with E-state index in [1.165, 1.54) is 31.4 Å². The highest BCUT2D eigenvalue weighted by molar-refractivity contribution is 6.45. The fourth-order valence-corrected chi connectivity index (χ4v) is 4.56. The lowest BCUT2D eigenvalue weighted by atomic mass is 10.1. The fraction of sp³-hybridized carbons (Fsp3) is 0.0857. The number of ether oxygens (including phenoxy) is 3. The molecule has 0 atom stereocenters. The topological polar surface area (TPSA) is 155 Å². The zero-order valence-corrected chi connectivity index (χ0v) is 28.7. The Hall–Kier alpha value is -6.39. The van der Waals surface area contributed by atoms with Crippen molar-refractivity contribution < 1.29 is 46.6 Å². The quantitative estimate of drug-likeness (QED) is 0.112. The van der Waals surface area contributed by atoms with Crippen LogP contribution in [-0.4, -0.2) is 53.8 Å². The number of aromatic nitrogens is 2. The molecule has 6 rings (SSSR count). The van der Waals surface area contributed by atoms with Crippen LogP contribution in [0.25, 0.3) is 0 Å². The van der Waals surface area contributed by atoms with Gasteiger partial charge >= 0.3 is 6.03 Å². The summed E-state index contributed by atoms with van der Waals surface area (Å²) in [6.07, 6.45) is 1.11. The van der Waals surface area contributed by atoms with Crippen molar-refractivity contribution in [3.63, 3.8) is 0 Å². The molecule has 13 nitrogen and oxygen atoms in total. The van der Waals surface area contributed by atoms with E-state index in [0.29, 0.717) is 27.9 Å². The third-order valence-corrected chi connectivity index (χ3v) is 7.15. The first-order valence-electron chi connectivity index (χ1n) is 15.1. The number of hydrogen-bond donors (Lipinski definition) is 2. The highest BCUT2D eigenvalue weighted by Crippen LogP contribution is 2.34. The number of rotatable bonds is 9. The summed E-state index contributed by atoms with van der Waals surface area (Å²) in [6.45, 7) is 0.593. The maximum absolute atomic E-state index is 15.1. The third-order valence-electron chi connectivity index (χ3n) is 6.58. The Morgan fingerprint density at radius 3 is 2.09 bits per heavy atom. The summed E-state index contributed by atoms with van der Waals surface area (Å²) in [6, 6.07) is 21.5. The Kier molecular flexibility index (Phi) is 13.0. The highest BCUT2D eigenvalue weighted by Gasteiger charge is 2.24. The molecule has 272 valence electrons. The van der Waals surface area contributed by atoms with E-state index < -0.39 is 35.0 Å². The van der Waals surface area contributed by atoms with Crippen LogP contribution in [0.15, 0.2) is 108 Å². The average Bonchev–Trinajstić information content (AvgIpc) is 3.15. The van der Waals surface area contributed by atoms with Crippen LogP contribution in [0.4, 0.5) is 23.7 Å². The van der Waals surface area contributed by atoms with Gasteiger partial charge in [0.1, 0.15) is 48.7 Å². The second-order valence-electron chi connectivity index (χ2n) is 10.1.